The molecule has 1 aromatic rings. The molecule has 3 atom stereocenters. The lowest BCUT2D eigenvalue weighted by Crippen LogP contribution is -2.47. The molecule has 1 saturated carbocycles. The molecule has 0 aromatic heterocycles. The maximum atomic E-state index is 5.48. The molecule has 2 aliphatic rings. The second kappa shape index (κ2) is 4.43. The average molecular weight is 231 g/mol. The van der Waals surface area contributed by atoms with Crippen LogP contribution in [-0.2, 0) is 18.0 Å². The van der Waals surface area contributed by atoms with Crippen molar-refractivity contribution in [1.29, 1.82) is 0 Å². The maximum Gasteiger partial charge on any atom is 0.0725 e. The van der Waals surface area contributed by atoms with Crippen molar-refractivity contribution in [1.82, 2.24) is 5.32 Å². The average Bonchev–Trinajstić information content (AvgIpc) is 2.76. The van der Waals surface area contributed by atoms with Crippen LogP contribution in [0, 0.1) is 5.92 Å². The molecular formula is C15H21NO. The van der Waals surface area contributed by atoms with E-state index in [9.17, 15) is 0 Å². The van der Waals surface area contributed by atoms with Gasteiger partial charge in [-0.15, -0.1) is 0 Å². The number of fused-ring (bicyclic) bond motifs is 1. The van der Waals surface area contributed by atoms with Gasteiger partial charge in [0.25, 0.3) is 0 Å². The first-order chi connectivity index (χ1) is 8.33. The number of benzene rings is 1. The maximum absolute atomic E-state index is 5.48. The summed E-state index contributed by atoms with van der Waals surface area (Å²) in [5, 5.41) is 3.43. The second-order valence-corrected chi connectivity index (χ2v) is 5.33. The van der Waals surface area contributed by atoms with Crippen molar-refractivity contribution in [3.8, 4) is 0 Å². The van der Waals surface area contributed by atoms with E-state index in [1.54, 1.807) is 0 Å². The summed E-state index contributed by atoms with van der Waals surface area (Å²) < 4.78 is 5.48. The molecule has 0 saturated heterocycles. The molecule has 92 valence electrons. The summed E-state index contributed by atoms with van der Waals surface area (Å²) in [5.74, 6) is 1.56. The topological polar surface area (TPSA) is 21.3 Å². The highest BCUT2D eigenvalue weighted by Gasteiger charge is 2.39. The van der Waals surface area contributed by atoms with Gasteiger partial charge in [-0.1, -0.05) is 31.5 Å². The number of hydrogen-bond donors (Lipinski definition) is 1. The van der Waals surface area contributed by atoms with Crippen molar-refractivity contribution in [2.45, 2.75) is 44.9 Å². The van der Waals surface area contributed by atoms with E-state index in [1.807, 2.05) is 0 Å². The van der Waals surface area contributed by atoms with E-state index in [-0.39, 0.29) is 0 Å². The van der Waals surface area contributed by atoms with E-state index in [4.69, 9.17) is 4.74 Å². The molecule has 0 radical (unpaired) electrons. The zero-order valence-corrected chi connectivity index (χ0v) is 10.7. The van der Waals surface area contributed by atoms with E-state index in [0.29, 0.717) is 0 Å². The van der Waals surface area contributed by atoms with E-state index in [1.165, 1.54) is 29.5 Å². The molecule has 17 heavy (non-hydrogen) atoms. The van der Waals surface area contributed by atoms with Crippen LogP contribution in [0.3, 0.4) is 0 Å². The van der Waals surface area contributed by atoms with Crippen LogP contribution in [0.4, 0.5) is 0 Å². The van der Waals surface area contributed by atoms with Crippen LogP contribution >= 0.6 is 0 Å². The summed E-state index contributed by atoms with van der Waals surface area (Å²) >= 11 is 0. The third-order valence-electron chi connectivity index (χ3n) is 4.56. The summed E-state index contributed by atoms with van der Waals surface area (Å²) in [6.07, 6.45) is 2.55. The van der Waals surface area contributed by atoms with E-state index in [2.05, 4.69) is 37.5 Å². The molecule has 3 rings (SSSR count). The fourth-order valence-corrected chi connectivity index (χ4v) is 3.41. The molecule has 0 spiro atoms. The Hall–Kier alpha value is -0.860. The van der Waals surface area contributed by atoms with Crippen LogP contribution in [0.2, 0.25) is 0 Å². The summed E-state index contributed by atoms with van der Waals surface area (Å²) in [5.41, 5.74) is 4.31. The number of hydrogen-bond acceptors (Lipinski definition) is 2. The lowest BCUT2D eigenvalue weighted by molar-refractivity contribution is 0.134. The molecule has 1 aromatic carbocycles. The molecule has 1 heterocycles. The molecule has 0 amide bonds. The molecule has 2 nitrogen and oxygen atoms in total. The van der Waals surface area contributed by atoms with Gasteiger partial charge >= 0.3 is 0 Å². The molecule has 1 fully saturated rings. The SMILES string of the molecule is CCC1C(NC)CC1c1ccc2c(c1)COC2. The first kappa shape index (κ1) is 11.2. The Morgan fingerprint density at radius 1 is 1.29 bits per heavy atom. The van der Waals surface area contributed by atoms with Crippen molar-refractivity contribution in [3.05, 3.63) is 34.9 Å². The van der Waals surface area contributed by atoms with Crippen molar-refractivity contribution in [2.24, 2.45) is 5.92 Å². The van der Waals surface area contributed by atoms with Crippen LogP contribution in [0.1, 0.15) is 42.4 Å². The van der Waals surface area contributed by atoms with Gasteiger partial charge in [0.15, 0.2) is 0 Å². The molecule has 1 N–H and O–H groups in total. The highest BCUT2D eigenvalue weighted by Crippen LogP contribution is 2.45. The highest BCUT2D eigenvalue weighted by atomic mass is 16.5. The predicted molar refractivity (Wildman–Crippen MR) is 68.9 cm³/mol. The van der Waals surface area contributed by atoms with Gasteiger partial charge in [-0.2, -0.15) is 0 Å². The van der Waals surface area contributed by atoms with Crippen molar-refractivity contribution in [3.63, 3.8) is 0 Å². The Bertz CT molecular complexity index is 415. The Morgan fingerprint density at radius 3 is 2.88 bits per heavy atom. The normalized spacial score (nSPS) is 31.1. The minimum atomic E-state index is 0.717. The lowest BCUT2D eigenvalue weighted by Gasteiger charge is -2.45. The van der Waals surface area contributed by atoms with Crippen molar-refractivity contribution < 1.29 is 4.74 Å². The molecule has 2 heteroatoms. The first-order valence-electron chi connectivity index (χ1n) is 6.70. The second-order valence-electron chi connectivity index (χ2n) is 5.33. The lowest BCUT2D eigenvalue weighted by atomic mass is 9.65. The molecular weight excluding hydrogens is 210 g/mol. The van der Waals surface area contributed by atoms with Gasteiger partial charge in [0.05, 0.1) is 13.2 Å². The Labute approximate surface area is 103 Å². The smallest absolute Gasteiger partial charge is 0.0725 e. The van der Waals surface area contributed by atoms with E-state index < -0.39 is 0 Å². The Balaban J connectivity index is 1.81. The third kappa shape index (κ3) is 1.80. The van der Waals surface area contributed by atoms with Gasteiger partial charge in [-0.05, 0) is 42.0 Å². The summed E-state index contributed by atoms with van der Waals surface area (Å²) in [7, 11) is 2.08. The minimum absolute atomic E-state index is 0.717. The van der Waals surface area contributed by atoms with Crippen LogP contribution in [0.5, 0.6) is 0 Å². The first-order valence-corrected chi connectivity index (χ1v) is 6.70. The molecule has 1 aliphatic carbocycles. The van der Waals surface area contributed by atoms with Gasteiger partial charge in [0.1, 0.15) is 0 Å². The van der Waals surface area contributed by atoms with Gasteiger partial charge in [-0.3, -0.25) is 0 Å². The zero-order valence-electron chi connectivity index (χ0n) is 10.7. The van der Waals surface area contributed by atoms with Gasteiger partial charge in [-0.25, -0.2) is 0 Å². The van der Waals surface area contributed by atoms with Gasteiger partial charge in [0.2, 0.25) is 0 Å². The van der Waals surface area contributed by atoms with Crippen LogP contribution in [0.25, 0.3) is 0 Å². The number of ether oxygens (including phenoxy) is 1. The van der Waals surface area contributed by atoms with Crippen molar-refractivity contribution in [2.75, 3.05) is 7.05 Å². The largest absolute Gasteiger partial charge is 0.372 e. The van der Waals surface area contributed by atoms with Crippen LogP contribution < -0.4 is 5.32 Å². The highest BCUT2D eigenvalue weighted by molar-refractivity contribution is 5.36. The Morgan fingerprint density at radius 2 is 2.12 bits per heavy atom. The van der Waals surface area contributed by atoms with E-state index in [0.717, 1.165) is 31.1 Å². The van der Waals surface area contributed by atoms with Crippen LogP contribution in [0.15, 0.2) is 18.2 Å². The van der Waals surface area contributed by atoms with Crippen LogP contribution in [-0.4, -0.2) is 13.1 Å². The fourth-order valence-electron chi connectivity index (χ4n) is 3.41. The third-order valence-corrected chi connectivity index (χ3v) is 4.56. The monoisotopic (exact) mass is 231 g/mol. The molecule has 3 unspecified atom stereocenters. The zero-order chi connectivity index (χ0) is 11.8. The summed E-state index contributed by atoms with van der Waals surface area (Å²) in [6.45, 7) is 3.91. The Kier molecular flexibility index (Phi) is 2.93. The predicted octanol–water partition coefficient (Wildman–Crippen LogP) is 2.82. The van der Waals surface area contributed by atoms with Gasteiger partial charge in [0, 0.05) is 6.04 Å². The van der Waals surface area contributed by atoms with E-state index >= 15 is 0 Å². The quantitative estimate of drug-likeness (QED) is 0.863. The minimum Gasteiger partial charge on any atom is -0.372 e. The summed E-state index contributed by atoms with van der Waals surface area (Å²) in [4.78, 5) is 0. The fraction of sp³-hybridized carbons (Fsp3) is 0.600. The van der Waals surface area contributed by atoms with Crippen molar-refractivity contribution >= 4 is 0 Å². The summed E-state index contributed by atoms with van der Waals surface area (Å²) in [6, 6.07) is 7.67. The molecule has 1 aliphatic heterocycles. The van der Waals surface area contributed by atoms with Gasteiger partial charge < -0.3 is 10.1 Å². The standard InChI is InChI=1S/C15H21NO/c1-3-13-14(7-15(13)16-2)10-4-5-11-8-17-9-12(11)6-10/h4-6,13-16H,3,7-9H2,1-2H3. The number of nitrogens with one attached hydrogen (secondary N) is 1. The molecule has 0 bridgehead atoms. The number of rotatable bonds is 3.